The predicted octanol–water partition coefficient (Wildman–Crippen LogP) is 4.88. The van der Waals surface area contributed by atoms with Crippen molar-refractivity contribution in [3.8, 4) is 6.07 Å². The first-order valence-corrected chi connectivity index (χ1v) is 7.01. The minimum absolute atomic E-state index is 0.289. The topological polar surface area (TPSA) is 52.9 Å². The second kappa shape index (κ2) is 6.27. The lowest BCUT2D eigenvalue weighted by Crippen LogP contribution is -2.11. The minimum Gasteiger partial charge on any atom is -0.322 e. The Morgan fingerprint density at radius 1 is 1.20 bits per heavy atom. The lowest BCUT2D eigenvalue weighted by Gasteiger charge is -2.07. The number of hydrogen-bond acceptors (Lipinski definition) is 2. The van der Waals surface area contributed by atoms with Gasteiger partial charge < -0.3 is 5.32 Å². The summed E-state index contributed by atoms with van der Waals surface area (Å²) in [7, 11) is 0. The highest BCUT2D eigenvalue weighted by molar-refractivity contribution is 9.10. The smallest absolute Gasteiger partial charge is 0.255 e. The summed E-state index contributed by atoms with van der Waals surface area (Å²) >= 11 is 15.1. The van der Waals surface area contributed by atoms with E-state index in [1.807, 2.05) is 6.07 Å². The van der Waals surface area contributed by atoms with Crippen molar-refractivity contribution in [2.75, 3.05) is 5.32 Å². The van der Waals surface area contributed by atoms with Crippen molar-refractivity contribution in [1.29, 1.82) is 5.26 Å². The Kier molecular flexibility index (Phi) is 4.66. The molecule has 0 bridgehead atoms. The van der Waals surface area contributed by atoms with E-state index < -0.39 is 0 Å². The maximum absolute atomic E-state index is 12.1. The molecule has 0 spiro atoms. The molecule has 1 N–H and O–H groups in total. The molecular weight excluding hydrogens is 363 g/mol. The number of nitriles is 1. The van der Waals surface area contributed by atoms with Crippen LogP contribution in [0.3, 0.4) is 0 Å². The summed E-state index contributed by atoms with van der Waals surface area (Å²) in [5, 5.41) is 12.2. The molecule has 2 aromatic rings. The SMILES string of the molecule is N#Cc1ccc(NC(=O)c2cc(Cl)cc(Br)c2)cc1Cl. The molecule has 0 aliphatic heterocycles. The molecule has 0 atom stereocenters. The summed E-state index contributed by atoms with van der Waals surface area (Å²) in [6.45, 7) is 0. The van der Waals surface area contributed by atoms with Gasteiger partial charge in [0.2, 0.25) is 0 Å². The first-order valence-electron chi connectivity index (χ1n) is 5.46. The molecule has 1 amide bonds. The highest BCUT2D eigenvalue weighted by Gasteiger charge is 2.09. The maximum Gasteiger partial charge on any atom is 0.255 e. The van der Waals surface area contributed by atoms with Gasteiger partial charge in [-0.05, 0) is 36.4 Å². The van der Waals surface area contributed by atoms with Gasteiger partial charge in [-0.1, -0.05) is 39.1 Å². The fourth-order valence-corrected chi connectivity index (χ4v) is 2.65. The Morgan fingerprint density at radius 2 is 1.95 bits per heavy atom. The quantitative estimate of drug-likeness (QED) is 0.820. The molecule has 0 saturated carbocycles. The Morgan fingerprint density at radius 3 is 2.55 bits per heavy atom. The van der Waals surface area contributed by atoms with E-state index in [2.05, 4.69) is 21.2 Å². The van der Waals surface area contributed by atoms with Crippen LogP contribution in [-0.2, 0) is 0 Å². The zero-order valence-corrected chi connectivity index (χ0v) is 13.1. The van der Waals surface area contributed by atoms with Crippen molar-refractivity contribution in [3.63, 3.8) is 0 Å². The molecule has 0 aliphatic rings. The van der Waals surface area contributed by atoms with Gasteiger partial charge in [0.05, 0.1) is 10.6 Å². The van der Waals surface area contributed by atoms with E-state index in [0.717, 1.165) is 0 Å². The molecule has 0 heterocycles. The van der Waals surface area contributed by atoms with Crippen molar-refractivity contribution in [1.82, 2.24) is 0 Å². The second-order valence-corrected chi connectivity index (χ2v) is 5.68. The molecule has 3 nitrogen and oxygen atoms in total. The molecule has 6 heteroatoms. The van der Waals surface area contributed by atoms with Crippen LogP contribution in [0.15, 0.2) is 40.9 Å². The second-order valence-electron chi connectivity index (χ2n) is 3.92. The number of nitrogens with zero attached hydrogens (tertiary/aromatic N) is 1. The van der Waals surface area contributed by atoms with Gasteiger partial charge in [-0.3, -0.25) is 4.79 Å². The van der Waals surface area contributed by atoms with Crippen molar-refractivity contribution in [2.24, 2.45) is 0 Å². The maximum atomic E-state index is 12.1. The Bertz CT molecular complexity index is 705. The molecule has 2 aromatic carbocycles. The third-order valence-electron chi connectivity index (χ3n) is 2.47. The third-order valence-corrected chi connectivity index (χ3v) is 3.46. The molecule has 0 unspecified atom stereocenters. The summed E-state index contributed by atoms with van der Waals surface area (Å²) < 4.78 is 0.716. The fraction of sp³-hybridized carbons (Fsp3) is 0. The average molecular weight is 370 g/mol. The van der Waals surface area contributed by atoms with Gasteiger partial charge in [0.25, 0.3) is 5.91 Å². The lowest BCUT2D eigenvalue weighted by molar-refractivity contribution is 0.102. The average Bonchev–Trinajstić information content (AvgIpc) is 2.37. The molecule has 0 saturated heterocycles. The number of nitrogens with one attached hydrogen (secondary N) is 1. The third kappa shape index (κ3) is 3.51. The van der Waals surface area contributed by atoms with Crippen LogP contribution >= 0.6 is 39.1 Å². The van der Waals surface area contributed by atoms with E-state index >= 15 is 0 Å². The monoisotopic (exact) mass is 368 g/mol. The number of carbonyl (C=O) groups excluding carboxylic acids is 1. The van der Waals surface area contributed by atoms with E-state index in [1.54, 1.807) is 30.3 Å². The first-order chi connectivity index (χ1) is 9.49. The molecule has 20 heavy (non-hydrogen) atoms. The predicted molar refractivity (Wildman–Crippen MR) is 83.3 cm³/mol. The molecule has 100 valence electrons. The largest absolute Gasteiger partial charge is 0.322 e. The molecule has 0 aromatic heterocycles. The van der Waals surface area contributed by atoms with Crippen molar-refractivity contribution in [3.05, 3.63) is 62.0 Å². The summed E-state index contributed by atoms with van der Waals surface area (Å²) in [5.41, 5.74) is 1.29. The zero-order valence-electron chi connectivity index (χ0n) is 9.95. The number of carbonyl (C=O) groups is 1. The van der Waals surface area contributed by atoms with E-state index in [-0.39, 0.29) is 10.9 Å². The summed E-state index contributed by atoms with van der Waals surface area (Å²) in [4.78, 5) is 12.1. The van der Waals surface area contributed by atoms with Crippen LogP contribution in [0.5, 0.6) is 0 Å². The van der Waals surface area contributed by atoms with Gasteiger partial charge in [0, 0.05) is 20.7 Å². The number of halogens is 3. The number of hydrogen-bond donors (Lipinski definition) is 1. The van der Waals surface area contributed by atoms with E-state index in [0.29, 0.717) is 26.3 Å². The van der Waals surface area contributed by atoms with Gasteiger partial charge in [-0.25, -0.2) is 0 Å². The van der Waals surface area contributed by atoms with Crippen molar-refractivity contribution >= 4 is 50.7 Å². The van der Waals surface area contributed by atoms with Crippen LogP contribution < -0.4 is 5.32 Å². The normalized spacial score (nSPS) is 9.90. The lowest BCUT2D eigenvalue weighted by atomic mass is 10.2. The summed E-state index contributed by atoms with van der Waals surface area (Å²) in [5.74, 6) is -0.311. The van der Waals surface area contributed by atoms with Crippen LogP contribution in [0.1, 0.15) is 15.9 Å². The standard InChI is InChI=1S/C14H7BrCl2N2O/c15-10-3-9(4-11(16)5-10)14(20)19-12-2-1-8(7-18)13(17)6-12/h1-6H,(H,19,20). The van der Waals surface area contributed by atoms with Crippen LogP contribution in [0.4, 0.5) is 5.69 Å². The first kappa shape index (κ1) is 14.9. The summed E-state index contributed by atoms with van der Waals surface area (Å²) in [6, 6.07) is 11.6. The van der Waals surface area contributed by atoms with Crippen molar-refractivity contribution < 1.29 is 4.79 Å². The minimum atomic E-state index is -0.311. The Balaban J connectivity index is 2.23. The van der Waals surface area contributed by atoms with Gasteiger partial charge in [0.1, 0.15) is 6.07 Å². The van der Waals surface area contributed by atoms with Crippen LogP contribution in [0.25, 0.3) is 0 Å². The molecule has 0 fully saturated rings. The van der Waals surface area contributed by atoms with E-state index in [9.17, 15) is 4.79 Å². The van der Waals surface area contributed by atoms with Crippen LogP contribution in [0.2, 0.25) is 10.0 Å². The molecule has 0 radical (unpaired) electrons. The Labute approximate surface area is 134 Å². The number of rotatable bonds is 2. The molecule has 0 aliphatic carbocycles. The summed E-state index contributed by atoms with van der Waals surface area (Å²) in [6.07, 6.45) is 0. The van der Waals surface area contributed by atoms with E-state index in [4.69, 9.17) is 28.5 Å². The van der Waals surface area contributed by atoms with E-state index in [1.165, 1.54) is 6.07 Å². The van der Waals surface area contributed by atoms with Crippen LogP contribution in [-0.4, -0.2) is 5.91 Å². The number of anilines is 1. The Hall–Kier alpha value is -1.54. The highest BCUT2D eigenvalue weighted by atomic mass is 79.9. The van der Waals surface area contributed by atoms with Crippen molar-refractivity contribution in [2.45, 2.75) is 0 Å². The van der Waals surface area contributed by atoms with Crippen LogP contribution in [0, 0.1) is 11.3 Å². The fourth-order valence-electron chi connectivity index (χ4n) is 1.57. The number of amides is 1. The van der Waals surface area contributed by atoms with Gasteiger partial charge in [-0.2, -0.15) is 5.26 Å². The highest BCUT2D eigenvalue weighted by Crippen LogP contribution is 2.23. The van der Waals surface area contributed by atoms with Gasteiger partial charge in [-0.15, -0.1) is 0 Å². The van der Waals surface area contributed by atoms with Gasteiger partial charge in [0.15, 0.2) is 0 Å². The molecule has 2 rings (SSSR count). The number of benzene rings is 2. The zero-order chi connectivity index (χ0) is 14.7. The molecular formula is C14H7BrCl2N2O. The van der Waals surface area contributed by atoms with Gasteiger partial charge >= 0.3 is 0 Å².